The van der Waals surface area contributed by atoms with Crippen LogP contribution >= 0.6 is 0 Å². The fourth-order valence-corrected chi connectivity index (χ4v) is 3.14. The van der Waals surface area contributed by atoms with Gasteiger partial charge in [0.2, 0.25) is 0 Å². The van der Waals surface area contributed by atoms with Crippen molar-refractivity contribution in [2.75, 3.05) is 6.61 Å². The summed E-state index contributed by atoms with van der Waals surface area (Å²) in [5.41, 5.74) is -1.24. The molecule has 2 atom stereocenters. The highest BCUT2D eigenvalue weighted by Crippen LogP contribution is 2.40. The van der Waals surface area contributed by atoms with Crippen molar-refractivity contribution in [2.45, 2.75) is 58.2 Å². The Hall–Kier alpha value is -2.51. The van der Waals surface area contributed by atoms with Gasteiger partial charge in [0.25, 0.3) is 0 Å². The lowest BCUT2D eigenvalue weighted by Crippen LogP contribution is -2.41. The molecule has 5 nitrogen and oxygen atoms in total. The Morgan fingerprint density at radius 3 is 2.32 bits per heavy atom. The van der Waals surface area contributed by atoms with Crippen LogP contribution in [0.4, 0.5) is 18.0 Å². The third-order valence-corrected chi connectivity index (χ3v) is 4.15. The maximum Gasteiger partial charge on any atom is 0.411 e. The monoisotopic (exact) mass is 399 g/mol. The second-order valence-electron chi connectivity index (χ2n) is 7.44. The molecule has 0 spiro atoms. The number of nitrogens with zero attached hydrogens (tertiary/aromatic N) is 1. The first-order valence-electron chi connectivity index (χ1n) is 9.04. The molecule has 1 saturated heterocycles. The number of ether oxygens (including phenoxy) is 2. The molecule has 0 aromatic heterocycles. The molecule has 0 bridgehead atoms. The highest BCUT2D eigenvalue weighted by atomic mass is 19.1. The third kappa shape index (κ3) is 5.27. The Morgan fingerprint density at radius 2 is 1.79 bits per heavy atom. The van der Waals surface area contributed by atoms with Gasteiger partial charge in [0, 0.05) is 23.8 Å². The van der Waals surface area contributed by atoms with Gasteiger partial charge >= 0.3 is 12.1 Å². The number of esters is 1. The van der Waals surface area contributed by atoms with E-state index in [-0.39, 0.29) is 13.0 Å². The Bertz CT molecular complexity index is 750. The van der Waals surface area contributed by atoms with Crippen LogP contribution in [0.2, 0.25) is 0 Å². The fraction of sp³-hybridized carbons (Fsp3) is 0.500. The van der Waals surface area contributed by atoms with Crippen LogP contribution in [0.25, 0.3) is 0 Å². The summed E-state index contributed by atoms with van der Waals surface area (Å²) in [5.74, 6) is -3.79. The molecule has 1 aromatic carbocycles. The van der Waals surface area contributed by atoms with E-state index in [0.29, 0.717) is 18.6 Å². The minimum atomic E-state index is -1.08. The molecule has 0 radical (unpaired) electrons. The maximum absolute atomic E-state index is 14.3. The lowest BCUT2D eigenvalue weighted by atomic mass is 10.0. The van der Waals surface area contributed by atoms with Gasteiger partial charge in [-0.25, -0.2) is 22.8 Å². The van der Waals surface area contributed by atoms with Crippen LogP contribution in [0.15, 0.2) is 24.3 Å². The SMILES string of the molecule is CCOC(=O)/C=C/[C@H]1CC[C@@H](c2c(F)cc(F)cc2F)N1C(=O)OC(C)(C)C. The second kappa shape index (κ2) is 8.67. The Morgan fingerprint density at radius 1 is 1.18 bits per heavy atom. The topological polar surface area (TPSA) is 55.8 Å². The van der Waals surface area contributed by atoms with Crippen LogP contribution in [-0.2, 0) is 14.3 Å². The smallest absolute Gasteiger partial charge is 0.411 e. The van der Waals surface area contributed by atoms with Gasteiger partial charge in [-0.05, 0) is 40.5 Å². The van der Waals surface area contributed by atoms with Crippen LogP contribution in [0, 0.1) is 17.5 Å². The summed E-state index contributed by atoms with van der Waals surface area (Å²) in [4.78, 5) is 25.5. The molecule has 1 amide bonds. The first-order valence-corrected chi connectivity index (χ1v) is 9.04. The van der Waals surface area contributed by atoms with E-state index in [0.717, 1.165) is 0 Å². The summed E-state index contributed by atoms with van der Waals surface area (Å²) in [6.45, 7) is 6.85. The highest BCUT2D eigenvalue weighted by molar-refractivity contribution is 5.82. The minimum Gasteiger partial charge on any atom is -0.463 e. The van der Waals surface area contributed by atoms with Crippen molar-refractivity contribution >= 4 is 12.1 Å². The molecule has 2 rings (SSSR count). The molecule has 0 aliphatic carbocycles. The van der Waals surface area contributed by atoms with Gasteiger partial charge in [-0.2, -0.15) is 0 Å². The van der Waals surface area contributed by atoms with Crippen molar-refractivity contribution in [3.63, 3.8) is 0 Å². The van der Waals surface area contributed by atoms with Crippen molar-refractivity contribution in [1.82, 2.24) is 4.90 Å². The summed E-state index contributed by atoms with van der Waals surface area (Å²) in [6.07, 6.45) is 2.40. The number of halogens is 3. The molecule has 0 saturated carbocycles. The van der Waals surface area contributed by atoms with Crippen LogP contribution < -0.4 is 0 Å². The minimum absolute atomic E-state index is 0.193. The Labute approximate surface area is 162 Å². The molecule has 0 N–H and O–H groups in total. The number of rotatable bonds is 4. The van der Waals surface area contributed by atoms with Gasteiger partial charge in [0.05, 0.1) is 18.7 Å². The fourth-order valence-electron chi connectivity index (χ4n) is 3.14. The van der Waals surface area contributed by atoms with E-state index < -0.39 is 52.8 Å². The lowest BCUT2D eigenvalue weighted by Gasteiger charge is -2.32. The Kier molecular flexibility index (Phi) is 6.74. The first-order chi connectivity index (χ1) is 13.0. The van der Waals surface area contributed by atoms with Crippen molar-refractivity contribution in [2.24, 2.45) is 0 Å². The van der Waals surface area contributed by atoms with Crippen LogP contribution in [0.1, 0.15) is 52.1 Å². The van der Waals surface area contributed by atoms with Gasteiger partial charge < -0.3 is 9.47 Å². The number of carbonyl (C=O) groups excluding carboxylic acids is 2. The second-order valence-corrected chi connectivity index (χ2v) is 7.44. The molecule has 8 heteroatoms. The molecule has 1 heterocycles. The van der Waals surface area contributed by atoms with Crippen LogP contribution in [-0.4, -0.2) is 35.2 Å². The zero-order valence-electron chi connectivity index (χ0n) is 16.3. The average molecular weight is 399 g/mol. The van der Waals surface area contributed by atoms with E-state index >= 15 is 0 Å². The average Bonchev–Trinajstić information content (AvgIpc) is 2.94. The van der Waals surface area contributed by atoms with Crippen molar-refractivity contribution in [3.8, 4) is 0 Å². The quantitative estimate of drug-likeness (QED) is 0.546. The van der Waals surface area contributed by atoms with E-state index in [1.54, 1.807) is 27.7 Å². The molecular formula is C20H24F3NO4. The lowest BCUT2D eigenvalue weighted by molar-refractivity contribution is -0.137. The number of benzene rings is 1. The van der Waals surface area contributed by atoms with Crippen molar-refractivity contribution in [1.29, 1.82) is 0 Å². The molecular weight excluding hydrogens is 375 g/mol. The van der Waals surface area contributed by atoms with Gasteiger partial charge in [0.1, 0.15) is 23.1 Å². The molecule has 1 aromatic rings. The van der Waals surface area contributed by atoms with Gasteiger partial charge in [-0.3, -0.25) is 4.90 Å². The zero-order valence-corrected chi connectivity index (χ0v) is 16.3. The van der Waals surface area contributed by atoms with E-state index in [1.807, 2.05) is 0 Å². The number of amides is 1. The summed E-state index contributed by atoms with van der Waals surface area (Å²) < 4.78 is 52.1. The van der Waals surface area contributed by atoms with Gasteiger partial charge in [-0.15, -0.1) is 0 Å². The van der Waals surface area contributed by atoms with Crippen molar-refractivity contribution < 1.29 is 32.2 Å². The highest BCUT2D eigenvalue weighted by Gasteiger charge is 2.41. The number of likely N-dealkylation sites (tertiary alicyclic amines) is 1. The predicted molar refractivity (Wildman–Crippen MR) is 95.9 cm³/mol. The van der Waals surface area contributed by atoms with E-state index in [2.05, 4.69) is 0 Å². The van der Waals surface area contributed by atoms with E-state index in [4.69, 9.17) is 9.47 Å². The first kappa shape index (κ1) is 21.8. The zero-order chi connectivity index (χ0) is 21.1. The summed E-state index contributed by atoms with van der Waals surface area (Å²) in [7, 11) is 0. The van der Waals surface area contributed by atoms with E-state index in [1.165, 1.54) is 17.1 Å². The molecule has 1 aliphatic rings. The number of hydrogen-bond donors (Lipinski definition) is 0. The molecule has 1 aliphatic heterocycles. The predicted octanol–water partition coefficient (Wildman–Crippen LogP) is 4.66. The van der Waals surface area contributed by atoms with Crippen LogP contribution in [0.3, 0.4) is 0 Å². The van der Waals surface area contributed by atoms with Gasteiger partial charge in [-0.1, -0.05) is 6.08 Å². The van der Waals surface area contributed by atoms with Crippen molar-refractivity contribution in [3.05, 3.63) is 47.3 Å². The molecule has 154 valence electrons. The Balaban J connectivity index is 2.39. The normalized spacial score (nSPS) is 19.9. The van der Waals surface area contributed by atoms with Crippen LogP contribution in [0.5, 0.6) is 0 Å². The standard InChI is InChI=1S/C20H24F3NO4/c1-5-27-17(25)9-7-13-6-8-16(24(13)19(26)28-20(2,3)4)18-14(22)10-12(21)11-15(18)23/h7,9-11,13,16H,5-6,8H2,1-4H3/b9-7+/t13-,16+/m1/s1. The molecule has 1 fully saturated rings. The summed E-state index contributed by atoms with van der Waals surface area (Å²) in [6, 6.07) is -0.471. The summed E-state index contributed by atoms with van der Waals surface area (Å²) in [5, 5.41) is 0. The number of hydrogen-bond acceptors (Lipinski definition) is 4. The van der Waals surface area contributed by atoms with Gasteiger partial charge in [0.15, 0.2) is 0 Å². The molecule has 0 unspecified atom stereocenters. The summed E-state index contributed by atoms with van der Waals surface area (Å²) >= 11 is 0. The third-order valence-electron chi connectivity index (χ3n) is 4.15. The van der Waals surface area contributed by atoms with E-state index in [9.17, 15) is 22.8 Å². The largest absolute Gasteiger partial charge is 0.463 e. The number of carbonyl (C=O) groups is 2. The maximum atomic E-state index is 14.3. The molecule has 28 heavy (non-hydrogen) atoms.